The molecule has 10 aromatic carbocycles. The summed E-state index contributed by atoms with van der Waals surface area (Å²) in [5, 5.41) is 10.3. The Hall–Kier alpha value is -7.00. The molecule has 0 aliphatic heterocycles. The Morgan fingerprint density at radius 1 is 0.322 bits per heavy atom. The predicted molar refractivity (Wildman–Crippen MR) is 255 cm³/mol. The molecule has 1 heterocycles. The molecule has 0 radical (unpaired) electrons. The molecule has 12 rings (SSSR count). The lowest BCUT2D eigenvalue weighted by atomic mass is 9.81. The number of rotatable bonds is 5. The molecule has 1 nitrogen and oxygen atoms in total. The highest BCUT2D eigenvalue weighted by Crippen LogP contribution is 2.50. The fourth-order valence-corrected chi connectivity index (χ4v) is 11.0. The third kappa shape index (κ3) is 5.30. The Kier molecular flexibility index (Phi) is 7.51. The lowest BCUT2D eigenvalue weighted by molar-refractivity contribution is 0.660. The molecule has 0 spiro atoms. The van der Waals surface area contributed by atoms with E-state index in [1.54, 1.807) is 0 Å². The van der Waals surface area contributed by atoms with E-state index in [4.69, 9.17) is 0 Å². The predicted octanol–water partition coefficient (Wildman–Crippen LogP) is 16.6. The van der Waals surface area contributed by atoms with Crippen LogP contribution in [0.15, 0.2) is 200 Å². The zero-order valence-electron chi connectivity index (χ0n) is 32.9. The maximum Gasteiger partial charge on any atom is 0.0468 e. The summed E-state index contributed by atoms with van der Waals surface area (Å²) in [6, 6.07) is 74.5. The first-order chi connectivity index (χ1) is 29.0. The third-order valence-corrected chi connectivity index (χ3v) is 14.0. The summed E-state index contributed by atoms with van der Waals surface area (Å²) in [7, 11) is 0. The molecular weight excluding hydrogens is 731 g/mol. The fourth-order valence-electron chi connectivity index (χ4n) is 9.90. The number of thiophene rings is 1. The highest BCUT2D eigenvalue weighted by Gasteiger charge is 2.35. The van der Waals surface area contributed by atoms with Gasteiger partial charge in [0.15, 0.2) is 0 Å². The van der Waals surface area contributed by atoms with E-state index in [0.29, 0.717) is 0 Å². The minimum absolute atomic E-state index is 0.0453. The molecule has 59 heavy (non-hydrogen) atoms. The molecule has 1 aromatic heterocycles. The third-order valence-electron chi connectivity index (χ3n) is 12.8. The van der Waals surface area contributed by atoms with Crippen LogP contribution in [0.25, 0.3) is 85.9 Å². The molecule has 11 aromatic rings. The van der Waals surface area contributed by atoms with E-state index in [1.807, 2.05) is 11.3 Å². The molecule has 1 aliphatic rings. The van der Waals surface area contributed by atoms with E-state index in [2.05, 4.69) is 219 Å². The van der Waals surface area contributed by atoms with Crippen molar-refractivity contribution in [3.63, 3.8) is 0 Å². The zero-order valence-corrected chi connectivity index (χ0v) is 33.7. The van der Waals surface area contributed by atoms with Crippen molar-refractivity contribution >= 4 is 80.9 Å². The SMILES string of the molecule is CC1(C)c2ccccc2-c2ccc(-c3ccc(N(c4cccc(-c5ccc6sc7ccccc7c6c5)c4)c4ccc5c6ccccc6c6ccccc6c5c4)cc3)cc21. The Morgan fingerprint density at radius 3 is 1.64 bits per heavy atom. The maximum atomic E-state index is 2.43. The Balaban J connectivity index is 1.01. The molecule has 0 bridgehead atoms. The molecular formula is C57H39NS. The van der Waals surface area contributed by atoms with E-state index < -0.39 is 0 Å². The highest BCUT2D eigenvalue weighted by atomic mass is 32.1. The van der Waals surface area contributed by atoms with Gasteiger partial charge in [-0.3, -0.25) is 0 Å². The van der Waals surface area contributed by atoms with Crippen LogP contribution in [-0.4, -0.2) is 0 Å². The van der Waals surface area contributed by atoms with Crippen molar-refractivity contribution in [2.75, 3.05) is 4.90 Å². The highest BCUT2D eigenvalue weighted by molar-refractivity contribution is 7.25. The summed E-state index contributed by atoms with van der Waals surface area (Å²) < 4.78 is 2.65. The van der Waals surface area contributed by atoms with Gasteiger partial charge in [-0.05, 0) is 137 Å². The van der Waals surface area contributed by atoms with Crippen molar-refractivity contribution in [1.82, 2.24) is 0 Å². The van der Waals surface area contributed by atoms with Gasteiger partial charge in [0.25, 0.3) is 0 Å². The van der Waals surface area contributed by atoms with Crippen LogP contribution in [0.2, 0.25) is 0 Å². The summed E-state index contributed by atoms with van der Waals surface area (Å²) in [6.07, 6.45) is 0. The van der Waals surface area contributed by atoms with Gasteiger partial charge < -0.3 is 4.90 Å². The smallest absolute Gasteiger partial charge is 0.0468 e. The number of hydrogen-bond donors (Lipinski definition) is 0. The topological polar surface area (TPSA) is 3.24 Å². The maximum absolute atomic E-state index is 2.43. The summed E-state index contributed by atoms with van der Waals surface area (Å²) in [6.45, 7) is 4.71. The molecule has 278 valence electrons. The van der Waals surface area contributed by atoms with Crippen molar-refractivity contribution in [2.45, 2.75) is 19.3 Å². The van der Waals surface area contributed by atoms with E-state index in [-0.39, 0.29) is 5.41 Å². The van der Waals surface area contributed by atoms with Crippen LogP contribution >= 0.6 is 11.3 Å². The van der Waals surface area contributed by atoms with Crippen LogP contribution < -0.4 is 4.90 Å². The van der Waals surface area contributed by atoms with Gasteiger partial charge in [0.1, 0.15) is 0 Å². The first-order valence-electron chi connectivity index (χ1n) is 20.5. The Bertz CT molecular complexity index is 3440. The van der Waals surface area contributed by atoms with E-state index >= 15 is 0 Å². The quantitative estimate of drug-likeness (QED) is 0.158. The van der Waals surface area contributed by atoms with E-state index in [9.17, 15) is 0 Å². The van der Waals surface area contributed by atoms with Gasteiger partial charge >= 0.3 is 0 Å². The van der Waals surface area contributed by atoms with Gasteiger partial charge in [0.05, 0.1) is 0 Å². The van der Waals surface area contributed by atoms with Crippen molar-refractivity contribution < 1.29 is 0 Å². The molecule has 0 unspecified atom stereocenters. The second-order valence-electron chi connectivity index (χ2n) is 16.5. The second kappa shape index (κ2) is 13.0. The lowest BCUT2D eigenvalue weighted by Gasteiger charge is -2.27. The standard InChI is InChI=1S/C57H39NS/c1-57(2)53-20-9-7-18-48(53)49-29-24-39(34-54(49)57)36-22-26-40(27-23-36)58(42-28-30-47-45-16-4-3-14-43(45)44-15-5-6-17-46(44)51(47)35-42)41-13-11-12-37(32-41)38-25-31-56-52(33-38)50-19-8-10-21-55(50)59-56/h3-35H,1-2H3. The summed E-state index contributed by atoms with van der Waals surface area (Å²) in [5.41, 5.74) is 13.7. The van der Waals surface area contributed by atoms with Gasteiger partial charge in [0.2, 0.25) is 0 Å². The molecule has 0 amide bonds. The fraction of sp³-hybridized carbons (Fsp3) is 0.0526. The Labute approximate surface area is 348 Å². The van der Waals surface area contributed by atoms with Crippen molar-refractivity contribution in [3.8, 4) is 33.4 Å². The van der Waals surface area contributed by atoms with Gasteiger partial charge in [-0.25, -0.2) is 0 Å². The number of anilines is 3. The molecule has 0 atom stereocenters. The summed E-state index contributed by atoms with van der Waals surface area (Å²) in [5.74, 6) is 0. The largest absolute Gasteiger partial charge is 0.310 e. The molecule has 0 fully saturated rings. The first kappa shape index (κ1) is 34.1. The van der Waals surface area contributed by atoms with Crippen LogP contribution in [0.1, 0.15) is 25.0 Å². The average Bonchev–Trinajstić information content (AvgIpc) is 3.78. The molecule has 1 aliphatic carbocycles. The first-order valence-corrected chi connectivity index (χ1v) is 21.3. The summed E-state index contributed by atoms with van der Waals surface area (Å²) >= 11 is 1.86. The number of benzene rings is 10. The van der Waals surface area contributed by atoms with Crippen LogP contribution in [0.4, 0.5) is 17.1 Å². The number of hydrogen-bond acceptors (Lipinski definition) is 2. The Morgan fingerprint density at radius 2 is 0.864 bits per heavy atom. The number of nitrogens with zero attached hydrogens (tertiary/aromatic N) is 1. The lowest BCUT2D eigenvalue weighted by Crippen LogP contribution is -2.14. The molecule has 0 N–H and O–H groups in total. The summed E-state index contributed by atoms with van der Waals surface area (Å²) in [4.78, 5) is 2.43. The normalized spacial score (nSPS) is 13.1. The second-order valence-corrected chi connectivity index (χ2v) is 17.6. The van der Waals surface area contributed by atoms with E-state index in [0.717, 1.165) is 17.1 Å². The van der Waals surface area contributed by atoms with Crippen LogP contribution in [-0.2, 0) is 5.41 Å². The molecule has 0 saturated carbocycles. The van der Waals surface area contributed by atoms with Crippen LogP contribution in [0.5, 0.6) is 0 Å². The van der Waals surface area contributed by atoms with Crippen molar-refractivity contribution in [3.05, 3.63) is 211 Å². The monoisotopic (exact) mass is 769 g/mol. The minimum Gasteiger partial charge on any atom is -0.310 e. The molecule has 0 saturated heterocycles. The van der Waals surface area contributed by atoms with E-state index in [1.165, 1.54) is 97.0 Å². The number of fused-ring (bicyclic) bond motifs is 12. The molecule has 2 heteroatoms. The van der Waals surface area contributed by atoms with Crippen LogP contribution in [0.3, 0.4) is 0 Å². The van der Waals surface area contributed by atoms with Crippen molar-refractivity contribution in [2.24, 2.45) is 0 Å². The zero-order chi connectivity index (χ0) is 39.2. The van der Waals surface area contributed by atoms with Gasteiger partial charge in [-0.2, -0.15) is 0 Å². The van der Waals surface area contributed by atoms with Crippen LogP contribution in [0, 0.1) is 0 Å². The van der Waals surface area contributed by atoms with Gasteiger partial charge in [-0.1, -0.05) is 153 Å². The van der Waals surface area contributed by atoms with Gasteiger partial charge in [0, 0.05) is 42.6 Å². The average molecular weight is 770 g/mol. The minimum atomic E-state index is -0.0453. The van der Waals surface area contributed by atoms with Gasteiger partial charge in [-0.15, -0.1) is 11.3 Å². The van der Waals surface area contributed by atoms with Crippen molar-refractivity contribution in [1.29, 1.82) is 0 Å².